The molecule has 0 spiro atoms. The molecule has 1 heterocycles. The molecule has 0 radical (unpaired) electrons. The van der Waals surface area contributed by atoms with Crippen molar-refractivity contribution < 1.29 is 9.53 Å². The van der Waals surface area contributed by atoms with Gasteiger partial charge in [0.1, 0.15) is 10.8 Å². The van der Waals surface area contributed by atoms with Crippen LogP contribution in [0, 0.1) is 13.8 Å². The van der Waals surface area contributed by atoms with Gasteiger partial charge in [-0.25, -0.2) is 0 Å². The van der Waals surface area contributed by atoms with Gasteiger partial charge in [-0.1, -0.05) is 41.1 Å². The maximum atomic E-state index is 12.0. The van der Waals surface area contributed by atoms with Crippen LogP contribution in [0.1, 0.15) is 21.7 Å². The molecular weight excluding hydrogens is 370 g/mol. The molecule has 1 aromatic heterocycles. The van der Waals surface area contributed by atoms with Crippen LogP contribution < -0.4 is 10.1 Å². The highest BCUT2D eigenvalue weighted by molar-refractivity contribution is 7.15. The van der Waals surface area contributed by atoms with Crippen molar-refractivity contribution in [3.05, 3.63) is 69.2 Å². The van der Waals surface area contributed by atoms with Gasteiger partial charge in [0, 0.05) is 11.4 Å². The highest BCUT2D eigenvalue weighted by Gasteiger charge is 2.10. The van der Waals surface area contributed by atoms with E-state index in [0.29, 0.717) is 22.3 Å². The van der Waals surface area contributed by atoms with Crippen molar-refractivity contribution in [2.45, 2.75) is 20.3 Å². The van der Waals surface area contributed by atoms with E-state index in [1.54, 1.807) is 0 Å². The van der Waals surface area contributed by atoms with Gasteiger partial charge in [0.2, 0.25) is 5.13 Å². The van der Waals surface area contributed by atoms with E-state index >= 15 is 0 Å². The highest BCUT2D eigenvalue weighted by atomic mass is 35.5. The lowest BCUT2D eigenvalue weighted by Crippen LogP contribution is -2.20. The number of aromatic nitrogens is 2. The van der Waals surface area contributed by atoms with Crippen LogP contribution in [0.15, 0.2) is 42.5 Å². The second kappa shape index (κ2) is 8.29. The topological polar surface area (TPSA) is 64.1 Å². The summed E-state index contributed by atoms with van der Waals surface area (Å²) >= 11 is 7.23. The first-order valence-corrected chi connectivity index (χ1v) is 9.26. The number of ether oxygens (including phenoxy) is 1. The number of aryl methyl sites for hydroxylation is 2. The Labute approximate surface area is 161 Å². The molecule has 1 N–H and O–H groups in total. The van der Waals surface area contributed by atoms with E-state index in [4.69, 9.17) is 16.3 Å². The first kappa shape index (κ1) is 18.4. The van der Waals surface area contributed by atoms with Crippen molar-refractivity contribution in [1.29, 1.82) is 0 Å². The number of hydrogen-bond acceptors (Lipinski definition) is 5. The first-order valence-electron chi connectivity index (χ1n) is 8.06. The summed E-state index contributed by atoms with van der Waals surface area (Å²) < 4.78 is 5.52. The predicted molar refractivity (Wildman–Crippen MR) is 104 cm³/mol. The molecule has 2 aromatic carbocycles. The van der Waals surface area contributed by atoms with Crippen LogP contribution in [0.2, 0.25) is 5.02 Å². The molecular formula is C19H18ClN3O2S. The lowest BCUT2D eigenvalue weighted by atomic mass is 10.1. The van der Waals surface area contributed by atoms with Crippen LogP contribution >= 0.6 is 22.9 Å². The van der Waals surface area contributed by atoms with Gasteiger partial charge in [0.15, 0.2) is 6.61 Å². The van der Waals surface area contributed by atoms with Crippen molar-refractivity contribution in [1.82, 2.24) is 10.2 Å². The Balaban J connectivity index is 1.52. The van der Waals surface area contributed by atoms with Gasteiger partial charge in [0.05, 0.1) is 0 Å². The Kier molecular flexibility index (Phi) is 5.85. The molecule has 0 bridgehead atoms. The summed E-state index contributed by atoms with van der Waals surface area (Å²) in [5, 5.41) is 12.8. The third kappa shape index (κ3) is 5.03. The SMILES string of the molecule is Cc1ccc(OCC(=O)Nc2nnc(Cc3ccc(Cl)cc3)s2)cc1C. The normalized spacial score (nSPS) is 10.6. The third-order valence-corrected chi connectivity index (χ3v) is 4.92. The monoisotopic (exact) mass is 387 g/mol. The number of rotatable bonds is 6. The minimum absolute atomic E-state index is 0.0748. The smallest absolute Gasteiger partial charge is 0.264 e. The van der Waals surface area contributed by atoms with Crippen molar-refractivity contribution in [3.8, 4) is 5.75 Å². The van der Waals surface area contributed by atoms with Gasteiger partial charge in [-0.15, -0.1) is 10.2 Å². The second-order valence-electron chi connectivity index (χ2n) is 5.89. The van der Waals surface area contributed by atoms with Gasteiger partial charge in [-0.2, -0.15) is 0 Å². The van der Waals surface area contributed by atoms with Crippen LogP contribution in [0.5, 0.6) is 5.75 Å². The van der Waals surface area contributed by atoms with Crippen LogP contribution in [0.3, 0.4) is 0 Å². The van der Waals surface area contributed by atoms with Crippen molar-refractivity contribution >= 4 is 34.0 Å². The molecule has 0 aliphatic heterocycles. The molecule has 3 aromatic rings. The maximum Gasteiger partial charge on any atom is 0.264 e. The average molecular weight is 388 g/mol. The van der Waals surface area contributed by atoms with Gasteiger partial charge in [-0.3, -0.25) is 10.1 Å². The standard InChI is InChI=1S/C19H18ClN3O2S/c1-12-3-8-16(9-13(12)2)25-11-17(24)21-19-23-22-18(26-19)10-14-4-6-15(20)7-5-14/h3-9H,10-11H2,1-2H3,(H,21,23,24). The Morgan fingerprint density at radius 2 is 1.88 bits per heavy atom. The zero-order chi connectivity index (χ0) is 18.5. The van der Waals surface area contributed by atoms with Crippen molar-refractivity contribution in [3.63, 3.8) is 0 Å². The minimum Gasteiger partial charge on any atom is -0.484 e. The van der Waals surface area contributed by atoms with Crippen molar-refractivity contribution in [2.75, 3.05) is 11.9 Å². The Morgan fingerprint density at radius 1 is 1.12 bits per heavy atom. The average Bonchev–Trinajstić information content (AvgIpc) is 3.05. The van der Waals surface area contributed by atoms with E-state index in [-0.39, 0.29) is 12.5 Å². The largest absolute Gasteiger partial charge is 0.484 e. The molecule has 1 amide bonds. The first-order chi connectivity index (χ1) is 12.5. The molecule has 3 rings (SSSR count). The van der Waals surface area contributed by atoms with Crippen molar-refractivity contribution in [2.24, 2.45) is 0 Å². The van der Waals surface area contributed by atoms with E-state index in [1.165, 1.54) is 16.9 Å². The number of carbonyl (C=O) groups is 1. The van der Waals surface area contributed by atoms with Gasteiger partial charge in [0.25, 0.3) is 5.91 Å². The number of carbonyl (C=O) groups excluding carboxylic acids is 1. The summed E-state index contributed by atoms with van der Waals surface area (Å²) in [6, 6.07) is 13.3. The molecule has 0 atom stereocenters. The molecule has 0 aliphatic carbocycles. The lowest BCUT2D eigenvalue weighted by Gasteiger charge is -2.07. The molecule has 134 valence electrons. The second-order valence-corrected chi connectivity index (χ2v) is 7.39. The Hall–Kier alpha value is -2.44. The number of nitrogens with one attached hydrogen (secondary N) is 1. The maximum absolute atomic E-state index is 12.0. The summed E-state index contributed by atoms with van der Waals surface area (Å²) in [5.74, 6) is 0.404. The van der Waals surface area contributed by atoms with Crippen LogP contribution in [-0.2, 0) is 11.2 Å². The van der Waals surface area contributed by atoms with Crippen LogP contribution in [-0.4, -0.2) is 22.7 Å². The molecule has 0 fully saturated rings. The summed E-state index contributed by atoms with van der Waals surface area (Å²) in [4.78, 5) is 12.0. The fourth-order valence-corrected chi connectivity index (χ4v) is 3.18. The van der Waals surface area contributed by atoms with Crippen LogP contribution in [0.4, 0.5) is 5.13 Å². The van der Waals surface area contributed by atoms with E-state index in [1.807, 2.05) is 56.3 Å². The molecule has 5 nitrogen and oxygen atoms in total. The summed E-state index contributed by atoms with van der Waals surface area (Å²) in [5.41, 5.74) is 3.39. The molecule has 0 unspecified atom stereocenters. The zero-order valence-electron chi connectivity index (χ0n) is 14.5. The fourth-order valence-electron chi connectivity index (χ4n) is 2.26. The molecule has 7 heteroatoms. The Morgan fingerprint density at radius 3 is 2.62 bits per heavy atom. The number of amides is 1. The molecule has 0 saturated heterocycles. The summed E-state index contributed by atoms with van der Waals surface area (Å²) in [6.07, 6.45) is 0.643. The van der Waals surface area contributed by atoms with Crippen LogP contribution in [0.25, 0.3) is 0 Å². The summed E-state index contributed by atoms with van der Waals surface area (Å²) in [6.45, 7) is 3.96. The van der Waals surface area contributed by atoms with E-state index in [0.717, 1.165) is 16.1 Å². The highest BCUT2D eigenvalue weighted by Crippen LogP contribution is 2.20. The number of halogens is 1. The quantitative estimate of drug-likeness (QED) is 0.680. The minimum atomic E-state index is -0.266. The molecule has 0 saturated carbocycles. The zero-order valence-corrected chi connectivity index (χ0v) is 16.0. The van der Waals surface area contributed by atoms with Gasteiger partial charge < -0.3 is 4.74 Å². The molecule has 26 heavy (non-hydrogen) atoms. The van der Waals surface area contributed by atoms with Gasteiger partial charge >= 0.3 is 0 Å². The fraction of sp³-hybridized carbons (Fsp3) is 0.211. The van der Waals surface area contributed by atoms with Gasteiger partial charge in [-0.05, 0) is 54.8 Å². The number of nitrogens with zero attached hydrogens (tertiary/aromatic N) is 2. The number of benzene rings is 2. The third-order valence-electron chi connectivity index (χ3n) is 3.83. The van der Waals surface area contributed by atoms with E-state index < -0.39 is 0 Å². The predicted octanol–water partition coefficient (Wildman–Crippen LogP) is 4.42. The molecule has 0 aliphatic rings. The summed E-state index contributed by atoms with van der Waals surface area (Å²) in [7, 11) is 0. The Bertz CT molecular complexity index is 909. The number of anilines is 1. The number of hydrogen-bond donors (Lipinski definition) is 1. The lowest BCUT2D eigenvalue weighted by molar-refractivity contribution is -0.118. The van der Waals surface area contributed by atoms with E-state index in [2.05, 4.69) is 15.5 Å². The van der Waals surface area contributed by atoms with E-state index in [9.17, 15) is 4.79 Å².